The maximum Gasteiger partial charge on any atom is 0.154 e. The fourth-order valence-electron chi connectivity index (χ4n) is 3.10. The molecule has 162 valence electrons. The highest BCUT2D eigenvalue weighted by Crippen LogP contribution is 2.24. The van der Waals surface area contributed by atoms with Crippen molar-refractivity contribution in [3.63, 3.8) is 0 Å². The van der Waals surface area contributed by atoms with Crippen LogP contribution in [0.3, 0.4) is 0 Å². The largest absolute Gasteiger partial charge is 0.369 e. The Morgan fingerprint density at radius 2 is 1.67 bits per heavy atom. The van der Waals surface area contributed by atoms with Crippen LogP contribution in [-0.4, -0.2) is 23.1 Å². The molecule has 0 amide bonds. The lowest BCUT2D eigenvalue weighted by Crippen LogP contribution is -2.06. The number of nitrogens with zero attached hydrogens (tertiary/aromatic N) is 2. The Hall–Kier alpha value is -1.85. The number of anilines is 1. The molecule has 0 radical (unpaired) electrons. The van der Waals surface area contributed by atoms with E-state index in [-0.39, 0.29) is 24.8 Å². The highest BCUT2D eigenvalue weighted by molar-refractivity contribution is 6.30. The fourth-order valence-corrected chi connectivity index (χ4v) is 3.22. The van der Waals surface area contributed by atoms with E-state index in [9.17, 15) is 0 Å². The Bertz CT molecular complexity index is 943. The lowest BCUT2D eigenvalue weighted by Gasteiger charge is -2.11. The van der Waals surface area contributed by atoms with Crippen molar-refractivity contribution in [2.24, 2.45) is 5.73 Å². The van der Waals surface area contributed by atoms with Crippen LogP contribution < -0.4 is 11.1 Å². The first-order valence-corrected chi connectivity index (χ1v) is 10.2. The number of nitrogens with one attached hydrogen (secondary N) is 1. The molecule has 30 heavy (non-hydrogen) atoms. The minimum absolute atomic E-state index is 0. The molecule has 0 atom stereocenters. The van der Waals surface area contributed by atoms with Gasteiger partial charge in [0.15, 0.2) is 5.82 Å². The second-order valence-electron chi connectivity index (χ2n) is 6.92. The van der Waals surface area contributed by atoms with Crippen molar-refractivity contribution in [2.75, 3.05) is 18.4 Å². The van der Waals surface area contributed by atoms with E-state index >= 15 is 0 Å². The Balaban J connectivity index is 0.00000225. The predicted octanol–water partition coefficient (Wildman–Crippen LogP) is 6.54. The topological polar surface area (TPSA) is 63.8 Å². The molecule has 1 aromatic heterocycles. The van der Waals surface area contributed by atoms with Gasteiger partial charge in [0, 0.05) is 17.0 Å². The van der Waals surface area contributed by atoms with Crippen molar-refractivity contribution < 1.29 is 0 Å². The van der Waals surface area contributed by atoms with E-state index in [0.29, 0.717) is 5.82 Å². The molecule has 0 unspecified atom stereocenters. The molecule has 1 heterocycles. The van der Waals surface area contributed by atoms with Gasteiger partial charge in [-0.1, -0.05) is 54.8 Å². The number of hydrogen-bond donors (Lipinski definition) is 2. The number of hydrogen-bond acceptors (Lipinski definition) is 4. The van der Waals surface area contributed by atoms with E-state index in [1.54, 1.807) is 0 Å². The minimum atomic E-state index is 0. The third-order valence-corrected chi connectivity index (χ3v) is 4.92. The lowest BCUT2D eigenvalue weighted by atomic mass is 10.1. The van der Waals surface area contributed by atoms with E-state index in [4.69, 9.17) is 27.3 Å². The van der Waals surface area contributed by atoms with Crippen LogP contribution in [0.1, 0.15) is 42.6 Å². The number of para-hydroxylation sites is 1. The molecular formula is C23H29Cl3N4. The van der Waals surface area contributed by atoms with Crippen molar-refractivity contribution in [3.8, 4) is 0 Å². The van der Waals surface area contributed by atoms with Crippen LogP contribution in [0.4, 0.5) is 5.82 Å². The second kappa shape index (κ2) is 13.5. The van der Waals surface area contributed by atoms with Crippen LogP contribution in [0.2, 0.25) is 5.02 Å². The fraction of sp³-hybridized carbons (Fsp3) is 0.304. The van der Waals surface area contributed by atoms with Crippen LogP contribution in [0.15, 0.2) is 42.5 Å². The van der Waals surface area contributed by atoms with Crippen molar-refractivity contribution in [2.45, 2.75) is 32.6 Å². The summed E-state index contributed by atoms with van der Waals surface area (Å²) < 4.78 is 0. The van der Waals surface area contributed by atoms with E-state index < -0.39 is 0 Å². The molecule has 0 aliphatic carbocycles. The second-order valence-corrected chi connectivity index (χ2v) is 7.35. The molecule has 0 saturated carbocycles. The van der Waals surface area contributed by atoms with E-state index in [0.717, 1.165) is 58.8 Å². The number of rotatable bonds is 9. The minimum Gasteiger partial charge on any atom is -0.369 e. The SMILES string of the molecule is Cc1cccc2c(NCCCCCCN)nc(C=Cc3ccc(Cl)cc3)nc12.Cl.Cl. The number of nitrogens with two attached hydrogens (primary N) is 1. The summed E-state index contributed by atoms with van der Waals surface area (Å²) in [7, 11) is 0. The molecule has 0 aliphatic rings. The third-order valence-electron chi connectivity index (χ3n) is 4.66. The maximum atomic E-state index is 5.96. The zero-order chi connectivity index (χ0) is 19.8. The first-order valence-electron chi connectivity index (χ1n) is 9.82. The van der Waals surface area contributed by atoms with Gasteiger partial charge >= 0.3 is 0 Å². The third kappa shape index (κ3) is 7.44. The van der Waals surface area contributed by atoms with Crippen LogP contribution in [0.25, 0.3) is 23.1 Å². The number of aryl methyl sites for hydroxylation is 1. The molecular weight excluding hydrogens is 439 g/mol. The van der Waals surface area contributed by atoms with E-state index in [1.807, 2.05) is 36.4 Å². The average molecular weight is 468 g/mol. The van der Waals surface area contributed by atoms with Gasteiger partial charge in [0.2, 0.25) is 0 Å². The zero-order valence-corrected chi connectivity index (χ0v) is 19.5. The molecule has 4 nitrogen and oxygen atoms in total. The monoisotopic (exact) mass is 466 g/mol. The summed E-state index contributed by atoms with van der Waals surface area (Å²) in [5, 5.41) is 5.29. The van der Waals surface area contributed by atoms with Gasteiger partial charge in [-0.15, -0.1) is 24.8 Å². The number of unbranched alkanes of at least 4 members (excludes halogenated alkanes) is 3. The van der Waals surface area contributed by atoms with Crippen molar-refractivity contribution >= 4 is 65.3 Å². The first kappa shape index (κ1) is 26.2. The smallest absolute Gasteiger partial charge is 0.154 e. The standard InChI is InChI=1S/C23H27ClN4.2ClH/c1-17-7-6-8-20-22(17)27-21(14-11-18-9-12-19(24)13-10-18)28-23(20)26-16-5-3-2-4-15-25;;/h6-14H,2-5,15-16,25H2,1H3,(H,26,27,28);2*1H. The summed E-state index contributed by atoms with van der Waals surface area (Å²) >= 11 is 5.96. The average Bonchev–Trinajstić information content (AvgIpc) is 2.71. The van der Waals surface area contributed by atoms with Gasteiger partial charge in [0.05, 0.1) is 5.52 Å². The molecule has 3 N–H and O–H groups in total. The predicted molar refractivity (Wildman–Crippen MR) is 135 cm³/mol. The zero-order valence-electron chi connectivity index (χ0n) is 17.1. The van der Waals surface area contributed by atoms with Crippen molar-refractivity contribution in [1.82, 2.24) is 9.97 Å². The van der Waals surface area contributed by atoms with Crippen LogP contribution >= 0.6 is 36.4 Å². The molecule has 0 bridgehead atoms. The lowest BCUT2D eigenvalue weighted by molar-refractivity contribution is 0.661. The van der Waals surface area contributed by atoms with Crippen molar-refractivity contribution in [1.29, 1.82) is 0 Å². The normalized spacial score (nSPS) is 10.6. The summed E-state index contributed by atoms with van der Waals surface area (Å²) in [6.45, 7) is 3.75. The van der Waals surface area contributed by atoms with Gasteiger partial charge in [-0.05, 0) is 61.7 Å². The summed E-state index contributed by atoms with van der Waals surface area (Å²) in [6, 6.07) is 13.9. The first-order chi connectivity index (χ1) is 13.7. The molecule has 0 spiro atoms. The van der Waals surface area contributed by atoms with E-state index in [2.05, 4.69) is 30.4 Å². The van der Waals surface area contributed by atoms with Crippen LogP contribution in [0, 0.1) is 6.92 Å². The summed E-state index contributed by atoms with van der Waals surface area (Å²) in [6.07, 6.45) is 8.50. The molecule has 7 heteroatoms. The summed E-state index contributed by atoms with van der Waals surface area (Å²) in [5.74, 6) is 1.59. The molecule has 0 aliphatic heterocycles. The van der Waals surface area contributed by atoms with Gasteiger partial charge in [-0.2, -0.15) is 0 Å². The molecule has 3 rings (SSSR count). The highest BCUT2D eigenvalue weighted by Gasteiger charge is 2.08. The quantitative estimate of drug-likeness (QED) is 0.351. The molecule has 0 saturated heterocycles. The number of aromatic nitrogens is 2. The molecule has 3 aromatic rings. The molecule has 0 fully saturated rings. The van der Waals surface area contributed by atoms with Gasteiger partial charge in [-0.25, -0.2) is 9.97 Å². The Labute approximate surface area is 196 Å². The number of benzene rings is 2. The Kier molecular flexibility index (Phi) is 11.7. The summed E-state index contributed by atoms with van der Waals surface area (Å²) in [4.78, 5) is 9.51. The van der Waals surface area contributed by atoms with E-state index in [1.165, 1.54) is 12.8 Å². The summed E-state index contributed by atoms with van der Waals surface area (Å²) in [5.41, 5.74) is 8.75. The van der Waals surface area contributed by atoms with Gasteiger partial charge in [-0.3, -0.25) is 0 Å². The van der Waals surface area contributed by atoms with Crippen LogP contribution in [-0.2, 0) is 0 Å². The van der Waals surface area contributed by atoms with Crippen LogP contribution in [0.5, 0.6) is 0 Å². The Morgan fingerprint density at radius 3 is 2.40 bits per heavy atom. The van der Waals surface area contributed by atoms with Gasteiger partial charge < -0.3 is 11.1 Å². The van der Waals surface area contributed by atoms with Gasteiger partial charge in [0.25, 0.3) is 0 Å². The molecule has 2 aromatic carbocycles. The number of fused-ring (bicyclic) bond motifs is 1. The van der Waals surface area contributed by atoms with Crippen molar-refractivity contribution in [3.05, 3.63) is 64.4 Å². The number of halogens is 3. The maximum absolute atomic E-state index is 5.96. The van der Waals surface area contributed by atoms with Gasteiger partial charge in [0.1, 0.15) is 5.82 Å². The highest BCUT2D eigenvalue weighted by atomic mass is 35.5. The Morgan fingerprint density at radius 1 is 0.933 bits per heavy atom.